The molecule has 0 aliphatic heterocycles. The summed E-state index contributed by atoms with van der Waals surface area (Å²) in [5, 5.41) is 33.1. The molecule has 3 atom stereocenters. The minimum atomic E-state index is -0.962. The van der Waals surface area contributed by atoms with Crippen molar-refractivity contribution in [3.63, 3.8) is 0 Å². The number of carbonyl (C=O) groups excluding carboxylic acids is 1. The molecule has 308 valence electrons. The summed E-state index contributed by atoms with van der Waals surface area (Å²) in [7, 11) is 0. The number of rotatable bonds is 40. The van der Waals surface area contributed by atoms with Crippen LogP contribution in [-0.2, 0) is 4.79 Å². The molecular weight excluding hydrogens is 655 g/mol. The van der Waals surface area contributed by atoms with Crippen molar-refractivity contribution in [2.24, 2.45) is 0 Å². The summed E-state index contributed by atoms with van der Waals surface area (Å²) in [5.41, 5.74) is 0. The van der Waals surface area contributed by atoms with Gasteiger partial charge in [-0.15, -0.1) is 0 Å². The largest absolute Gasteiger partial charge is 0.394 e. The molecule has 0 bridgehead atoms. The van der Waals surface area contributed by atoms with E-state index in [9.17, 15) is 20.1 Å². The van der Waals surface area contributed by atoms with Gasteiger partial charge in [-0.05, 0) is 77.0 Å². The Labute approximate surface area is 329 Å². The third kappa shape index (κ3) is 39.6. The normalized spacial score (nSPS) is 14.1. The number of nitrogens with one attached hydrogen (secondary N) is 1. The Morgan fingerprint density at radius 1 is 0.491 bits per heavy atom. The lowest BCUT2D eigenvalue weighted by Gasteiger charge is -2.21. The summed E-state index contributed by atoms with van der Waals surface area (Å²) < 4.78 is 0. The van der Waals surface area contributed by atoms with Crippen LogP contribution in [0.2, 0.25) is 0 Å². The van der Waals surface area contributed by atoms with Crippen LogP contribution in [-0.4, -0.2) is 46.1 Å². The van der Waals surface area contributed by atoms with Gasteiger partial charge in [0.05, 0.1) is 31.3 Å². The van der Waals surface area contributed by atoms with Crippen LogP contribution in [0.4, 0.5) is 0 Å². The number of unbranched alkanes of at least 4 members (excludes halogenated alkanes) is 23. The maximum absolute atomic E-state index is 12.4. The highest BCUT2D eigenvalue weighted by molar-refractivity contribution is 5.76. The molecule has 0 saturated heterocycles. The van der Waals surface area contributed by atoms with E-state index < -0.39 is 18.2 Å². The SMILES string of the molecule is CCCCC/C=C/CC/C=C/CC/C=C/C(O)C(CO)NC(=O)CC(O)CCCCCCCCCCC/C=C\C/C=C\CCCCCCCCCCC. The highest BCUT2D eigenvalue weighted by Gasteiger charge is 2.20. The van der Waals surface area contributed by atoms with Gasteiger partial charge >= 0.3 is 0 Å². The van der Waals surface area contributed by atoms with Crippen molar-refractivity contribution in [3.8, 4) is 0 Å². The molecule has 1 amide bonds. The molecule has 0 saturated carbocycles. The Kier molecular flexibility index (Phi) is 41.2. The number of aliphatic hydroxyl groups is 3. The Morgan fingerprint density at radius 3 is 1.36 bits per heavy atom. The van der Waals surface area contributed by atoms with Crippen LogP contribution in [0.15, 0.2) is 60.8 Å². The van der Waals surface area contributed by atoms with E-state index in [-0.39, 0.29) is 18.9 Å². The van der Waals surface area contributed by atoms with Gasteiger partial charge in [-0.2, -0.15) is 0 Å². The van der Waals surface area contributed by atoms with Crippen LogP contribution < -0.4 is 5.32 Å². The Hall–Kier alpha value is -1.95. The van der Waals surface area contributed by atoms with E-state index in [1.807, 2.05) is 6.08 Å². The fourth-order valence-electron chi connectivity index (χ4n) is 6.52. The molecule has 5 nitrogen and oxygen atoms in total. The molecule has 0 rings (SSSR count). The van der Waals surface area contributed by atoms with Crippen LogP contribution in [0, 0.1) is 0 Å². The van der Waals surface area contributed by atoms with Gasteiger partial charge in [0.1, 0.15) is 0 Å². The minimum Gasteiger partial charge on any atom is -0.394 e. The Morgan fingerprint density at radius 2 is 0.868 bits per heavy atom. The summed E-state index contributed by atoms with van der Waals surface area (Å²) in [5.74, 6) is -0.335. The van der Waals surface area contributed by atoms with Gasteiger partial charge in [-0.1, -0.05) is 190 Å². The lowest BCUT2D eigenvalue weighted by molar-refractivity contribution is -0.124. The van der Waals surface area contributed by atoms with E-state index in [0.29, 0.717) is 6.42 Å². The number of hydrogen-bond acceptors (Lipinski definition) is 4. The summed E-state index contributed by atoms with van der Waals surface area (Å²) >= 11 is 0. The van der Waals surface area contributed by atoms with Gasteiger partial charge in [0.25, 0.3) is 0 Å². The molecule has 0 aromatic heterocycles. The van der Waals surface area contributed by atoms with E-state index >= 15 is 0 Å². The second-order valence-electron chi connectivity index (χ2n) is 15.3. The van der Waals surface area contributed by atoms with E-state index in [4.69, 9.17) is 0 Å². The van der Waals surface area contributed by atoms with Crippen molar-refractivity contribution in [3.05, 3.63) is 60.8 Å². The van der Waals surface area contributed by atoms with Gasteiger partial charge in [0, 0.05) is 0 Å². The zero-order chi connectivity index (χ0) is 38.7. The molecule has 3 unspecified atom stereocenters. The van der Waals surface area contributed by atoms with E-state index in [2.05, 4.69) is 67.8 Å². The third-order valence-electron chi connectivity index (χ3n) is 10.0. The fraction of sp³-hybridized carbons (Fsp3) is 0.771. The predicted molar refractivity (Wildman–Crippen MR) is 231 cm³/mol. The molecule has 53 heavy (non-hydrogen) atoms. The first kappa shape index (κ1) is 51.0. The first-order valence-electron chi connectivity index (χ1n) is 22.6. The smallest absolute Gasteiger partial charge is 0.222 e. The summed E-state index contributed by atoms with van der Waals surface area (Å²) in [6, 6.07) is -0.770. The molecule has 0 heterocycles. The zero-order valence-corrected chi connectivity index (χ0v) is 34.9. The molecule has 0 spiro atoms. The standard InChI is InChI=1S/C48H87NO4/c1-3-5-7-9-11-13-15-17-18-19-20-21-22-23-24-25-26-27-28-30-31-33-35-37-39-41-45(51)43-48(53)49-46(44-50)47(52)42-40-38-36-34-32-29-16-14-12-10-8-6-4-2/h12,14,20-21,23-24,32,34,40,42,45-47,50-52H,3-11,13,15-19,22,25-31,33,35-39,41,43-44H2,1-2H3,(H,49,53)/b14-12+,21-20-,24-23-,34-32+,42-40+. The molecule has 0 radical (unpaired) electrons. The number of aliphatic hydroxyl groups excluding tert-OH is 3. The lowest BCUT2D eigenvalue weighted by Crippen LogP contribution is -2.45. The zero-order valence-electron chi connectivity index (χ0n) is 34.9. The summed E-state index contributed by atoms with van der Waals surface area (Å²) in [6.07, 6.45) is 56.5. The van der Waals surface area contributed by atoms with Gasteiger partial charge in [0.15, 0.2) is 0 Å². The molecule has 0 aromatic rings. The Bertz CT molecular complexity index is 907. The highest BCUT2D eigenvalue weighted by Crippen LogP contribution is 2.14. The second kappa shape index (κ2) is 42.8. The molecule has 4 N–H and O–H groups in total. The van der Waals surface area contributed by atoms with Crippen molar-refractivity contribution in [1.82, 2.24) is 5.32 Å². The van der Waals surface area contributed by atoms with Crippen LogP contribution >= 0.6 is 0 Å². The average Bonchev–Trinajstić information content (AvgIpc) is 3.15. The molecule has 0 aliphatic carbocycles. The fourth-order valence-corrected chi connectivity index (χ4v) is 6.52. The molecule has 0 aliphatic rings. The van der Waals surface area contributed by atoms with Gasteiger partial charge in [-0.25, -0.2) is 0 Å². The first-order chi connectivity index (χ1) is 26.0. The summed E-state index contributed by atoms with van der Waals surface area (Å²) in [4.78, 5) is 12.4. The first-order valence-corrected chi connectivity index (χ1v) is 22.6. The lowest BCUT2D eigenvalue weighted by atomic mass is 10.0. The van der Waals surface area contributed by atoms with Gasteiger partial charge in [-0.3, -0.25) is 4.79 Å². The predicted octanol–water partition coefficient (Wildman–Crippen LogP) is 13.1. The molecule has 5 heteroatoms. The summed E-state index contributed by atoms with van der Waals surface area (Å²) in [6.45, 7) is 4.15. The second-order valence-corrected chi connectivity index (χ2v) is 15.3. The van der Waals surface area contributed by atoms with Crippen molar-refractivity contribution >= 4 is 5.91 Å². The Balaban J connectivity index is 3.68. The molecule has 0 aromatic carbocycles. The van der Waals surface area contributed by atoms with Crippen LogP contribution in [0.1, 0.15) is 213 Å². The van der Waals surface area contributed by atoms with Crippen molar-refractivity contribution in [2.45, 2.75) is 231 Å². The van der Waals surface area contributed by atoms with Crippen molar-refractivity contribution in [1.29, 1.82) is 0 Å². The monoisotopic (exact) mass is 742 g/mol. The van der Waals surface area contributed by atoms with Crippen LogP contribution in [0.3, 0.4) is 0 Å². The van der Waals surface area contributed by atoms with Gasteiger partial charge < -0.3 is 20.6 Å². The van der Waals surface area contributed by atoms with Crippen LogP contribution in [0.25, 0.3) is 0 Å². The van der Waals surface area contributed by atoms with E-state index in [1.54, 1.807) is 6.08 Å². The van der Waals surface area contributed by atoms with E-state index in [0.717, 1.165) is 44.9 Å². The molecule has 0 fully saturated rings. The topological polar surface area (TPSA) is 89.8 Å². The maximum atomic E-state index is 12.4. The van der Waals surface area contributed by atoms with Crippen molar-refractivity contribution in [2.75, 3.05) is 6.61 Å². The quantitative estimate of drug-likeness (QED) is 0.0372. The van der Waals surface area contributed by atoms with Crippen molar-refractivity contribution < 1.29 is 20.1 Å². The minimum absolute atomic E-state index is 0.00303. The van der Waals surface area contributed by atoms with Gasteiger partial charge in [0.2, 0.25) is 5.91 Å². The number of allylic oxidation sites excluding steroid dienone is 9. The number of hydrogen-bond donors (Lipinski definition) is 4. The number of amides is 1. The van der Waals surface area contributed by atoms with E-state index in [1.165, 1.54) is 141 Å². The third-order valence-corrected chi connectivity index (χ3v) is 10.0. The van der Waals surface area contributed by atoms with Crippen LogP contribution in [0.5, 0.6) is 0 Å². The maximum Gasteiger partial charge on any atom is 0.222 e. The molecular formula is C48H87NO4. The number of carbonyl (C=O) groups is 1. The highest BCUT2D eigenvalue weighted by atomic mass is 16.3. The average molecular weight is 742 g/mol.